The fourth-order valence-electron chi connectivity index (χ4n) is 2.20. The Balaban J connectivity index is 2.37. The number of nitrogens with one attached hydrogen (secondary N) is 1. The third-order valence-electron chi connectivity index (χ3n) is 3.08. The number of carboxylic acid groups (broad SMARTS) is 1. The van der Waals surface area contributed by atoms with Gasteiger partial charge in [0, 0.05) is 12.5 Å². The molecule has 18 heavy (non-hydrogen) atoms. The molecule has 1 aromatic carbocycles. The quantitative estimate of drug-likeness (QED) is 0.806. The topological polar surface area (TPSA) is 66.4 Å². The van der Waals surface area contributed by atoms with Gasteiger partial charge < -0.3 is 10.4 Å². The Kier molecular flexibility index (Phi) is 3.52. The highest BCUT2D eigenvalue weighted by atomic mass is 35.5. The number of carbonyl (C=O) groups excluding carboxylic acids is 1. The normalized spacial score (nSPS) is 23.6. The van der Waals surface area contributed by atoms with Crippen LogP contribution in [0, 0.1) is 11.7 Å². The minimum Gasteiger partial charge on any atom is -0.481 e. The maximum absolute atomic E-state index is 13.4. The van der Waals surface area contributed by atoms with Gasteiger partial charge in [-0.1, -0.05) is 17.7 Å². The Morgan fingerprint density at radius 3 is 2.83 bits per heavy atom. The lowest BCUT2D eigenvalue weighted by atomic mass is 9.80. The van der Waals surface area contributed by atoms with E-state index in [0.29, 0.717) is 18.5 Å². The van der Waals surface area contributed by atoms with E-state index < -0.39 is 29.5 Å². The van der Waals surface area contributed by atoms with Gasteiger partial charge in [0.1, 0.15) is 11.7 Å². The van der Waals surface area contributed by atoms with E-state index in [0.717, 1.165) is 0 Å². The number of carboxylic acids is 1. The fraction of sp³-hybridized carbons (Fsp3) is 0.333. The number of rotatable bonds is 2. The first kappa shape index (κ1) is 12.8. The lowest BCUT2D eigenvalue weighted by molar-refractivity contribution is -0.149. The van der Waals surface area contributed by atoms with Crippen LogP contribution in [0.3, 0.4) is 0 Å². The second-order valence-electron chi connectivity index (χ2n) is 4.18. The number of aliphatic carboxylic acids is 1. The number of benzene rings is 1. The van der Waals surface area contributed by atoms with Gasteiger partial charge in [-0.15, -0.1) is 0 Å². The van der Waals surface area contributed by atoms with E-state index in [1.807, 2.05) is 0 Å². The zero-order chi connectivity index (χ0) is 13.3. The molecule has 0 saturated carbocycles. The van der Waals surface area contributed by atoms with E-state index in [-0.39, 0.29) is 5.02 Å². The molecule has 2 N–H and O–H groups in total. The summed E-state index contributed by atoms with van der Waals surface area (Å²) in [6.45, 7) is 0.386. The Bertz CT molecular complexity index is 506. The number of piperidine rings is 1. The van der Waals surface area contributed by atoms with Crippen LogP contribution in [0.2, 0.25) is 5.02 Å². The molecule has 1 saturated heterocycles. The highest BCUT2D eigenvalue weighted by molar-refractivity contribution is 6.30. The number of hydrogen-bond donors (Lipinski definition) is 2. The third kappa shape index (κ3) is 2.31. The van der Waals surface area contributed by atoms with Crippen molar-refractivity contribution in [2.24, 2.45) is 5.92 Å². The van der Waals surface area contributed by atoms with Crippen molar-refractivity contribution in [2.75, 3.05) is 6.54 Å². The summed E-state index contributed by atoms with van der Waals surface area (Å²) < 4.78 is 13.4. The minimum absolute atomic E-state index is 0.0223. The van der Waals surface area contributed by atoms with Crippen molar-refractivity contribution in [2.45, 2.75) is 12.3 Å². The van der Waals surface area contributed by atoms with Gasteiger partial charge in [0.05, 0.1) is 5.02 Å². The molecule has 4 nitrogen and oxygen atoms in total. The Morgan fingerprint density at radius 2 is 2.22 bits per heavy atom. The van der Waals surface area contributed by atoms with Crippen molar-refractivity contribution < 1.29 is 19.1 Å². The zero-order valence-corrected chi connectivity index (χ0v) is 10.1. The monoisotopic (exact) mass is 271 g/mol. The summed E-state index contributed by atoms with van der Waals surface area (Å²) in [5, 5.41) is 11.6. The summed E-state index contributed by atoms with van der Waals surface area (Å²) in [5.74, 6) is -4.05. The molecule has 0 bridgehead atoms. The standard InChI is InChI=1S/C12H11ClFNO3/c13-8-2-1-6(5-9(8)14)7-3-4-15-11(16)10(7)12(17)18/h1-2,5,7,10H,3-4H2,(H,15,16)(H,17,18). The fourth-order valence-corrected chi connectivity index (χ4v) is 2.31. The number of halogens is 2. The smallest absolute Gasteiger partial charge is 0.316 e. The van der Waals surface area contributed by atoms with Crippen molar-refractivity contribution in [3.8, 4) is 0 Å². The van der Waals surface area contributed by atoms with Crippen LogP contribution in [-0.4, -0.2) is 23.5 Å². The van der Waals surface area contributed by atoms with Crippen molar-refractivity contribution in [3.63, 3.8) is 0 Å². The molecule has 0 aliphatic carbocycles. The molecule has 1 amide bonds. The lowest BCUT2D eigenvalue weighted by Crippen LogP contribution is -2.44. The van der Waals surface area contributed by atoms with Gasteiger partial charge in [-0.25, -0.2) is 4.39 Å². The van der Waals surface area contributed by atoms with Crippen molar-refractivity contribution >= 4 is 23.5 Å². The first-order valence-corrected chi connectivity index (χ1v) is 5.84. The van der Waals surface area contributed by atoms with Gasteiger partial charge in [0.2, 0.25) is 5.91 Å². The van der Waals surface area contributed by atoms with Gasteiger partial charge in [0.15, 0.2) is 0 Å². The molecule has 0 spiro atoms. The highest BCUT2D eigenvalue weighted by Crippen LogP contribution is 2.32. The van der Waals surface area contributed by atoms with Crippen molar-refractivity contribution in [1.82, 2.24) is 5.32 Å². The number of carbonyl (C=O) groups is 2. The summed E-state index contributed by atoms with van der Waals surface area (Å²) in [5.41, 5.74) is 0.485. The van der Waals surface area contributed by atoms with Crippen molar-refractivity contribution in [3.05, 3.63) is 34.6 Å². The van der Waals surface area contributed by atoms with E-state index in [4.69, 9.17) is 16.7 Å². The maximum atomic E-state index is 13.4. The average Bonchev–Trinajstić information content (AvgIpc) is 2.32. The zero-order valence-electron chi connectivity index (χ0n) is 9.32. The SMILES string of the molecule is O=C(O)C1C(=O)NCCC1c1ccc(Cl)c(F)c1. The Morgan fingerprint density at radius 1 is 1.50 bits per heavy atom. The van der Waals surface area contributed by atoms with E-state index in [1.165, 1.54) is 12.1 Å². The molecule has 2 rings (SSSR count). The first-order chi connectivity index (χ1) is 8.50. The molecule has 1 fully saturated rings. The van der Waals surface area contributed by atoms with Crippen LogP contribution in [0.25, 0.3) is 0 Å². The van der Waals surface area contributed by atoms with Gasteiger partial charge in [0.25, 0.3) is 0 Å². The summed E-state index contributed by atoms with van der Waals surface area (Å²) in [4.78, 5) is 22.7. The summed E-state index contributed by atoms with van der Waals surface area (Å²) >= 11 is 5.58. The van der Waals surface area contributed by atoms with Crippen molar-refractivity contribution in [1.29, 1.82) is 0 Å². The summed E-state index contributed by atoms with van der Waals surface area (Å²) in [7, 11) is 0. The first-order valence-electron chi connectivity index (χ1n) is 5.46. The highest BCUT2D eigenvalue weighted by Gasteiger charge is 2.38. The maximum Gasteiger partial charge on any atom is 0.316 e. The van der Waals surface area contributed by atoms with Crippen LogP contribution in [0.1, 0.15) is 17.9 Å². The Labute approximate surface area is 108 Å². The van der Waals surface area contributed by atoms with E-state index in [1.54, 1.807) is 6.07 Å². The van der Waals surface area contributed by atoms with Crippen LogP contribution in [-0.2, 0) is 9.59 Å². The van der Waals surface area contributed by atoms with Gasteiger partial charge in [-0.05, 0) is 24.1 Å². The molecule has 2 atom stereocenters. The molecule has 1 heterocycles. The predicted molar refractivity (Wildman–Crippen MR) is 62.9 cm³/mol. The third-order valence-corrected chi connectivity index (χ3v) is 3.38. The van der Waals surface area contributed by atoms with E-state index >= 15 is 0 Å². The van der Waals surface area contributed by atoms with Crippen LogP contribution in [0.5, 0.6) is 0 Å². The largest absolute Gasteiger partial charge is 0.481 e. The van der Waals surface area contributed by atoms with E-state index in [9.17, 15) is 14.0 Å². The molecule has 6 heteroatoms. The summed E-state index contributed by atoms with van der Waals surface area (Å²) in [6, 6.07) is 4.13. The Hall–Kier alpha value is -1.62. The van der Waals surface area contributed by atoms with E-state index in [2.05, 4.69) is 5.32 Å². The molecule has 96 valence electrons. The molecule has 1 aliphatic rings. The molecular weight excluding hydrogens is 261 g/mol. The lowest BCUT2D eigenvalue weighted by Gasteiger charge is -2.28. The molecule has 2 unspecified atom stereocenters. The number of amides is 1. The minimum atomic E-state index is -1.20. The molecular formula is C12H11ClFNO3. The van der Waals surface area contributed by atoms with Crippen LogP contribution in [0.4, 0.5) is 4.39 Å². The molecule has 1 aromatic rings. The van der Waals surface area contributed by atoms with Gasteiger partial charge in [-0.2, -0.15) is 0 Å². The average molecular weight is 272 g/mol. The number of hydrogen-bond acceptors (Lipinski definition) is 2. The molecule has 0 aromatic heterocycles. The molecule has 1 aliphatic heterocycles. The predicted octanol–water partition coefficient (Wildman–Crippen LogP) is 1.78. The molecule has 0 radical (unpaired) electrons. The van der Waals surface area contributed by atoms with Crippen LogP contribution >= 0.6 is 11.6 Å². The van der Waals surface area contributed by atoms with Gasteiger partial charge in [-0.3, -0.25) is 9.59 Å². The summed E-state index contributed by atoms with van der Waals surface area (Å²) in [6.07, 6.45) is 0.462. The second kappa shape index (κ2) is 4.94. The second-order valence-corrected chi connectivity index (χ2v) is 4.58. The van der Waals surface area contributed by atoms with Crippen LogP contribution < -0.4 is 5.32 Å². The van der Waals surface area contributed by atoms with Crippen LogP contribution in [0.15, 0.2) is 18.2 Å². The van der Waals surface area contributed by atoms with Gasteiger partial charge >= 0.3 is 5.97 Å².